The van der Waals surface area contributed by atoms with Crippen molar-refractivity contribution in [3.63, 3.8) is 0 Å². The molecule has 2 aromatic rings. The van der Waals surface area contributed by atoms with Gasteiger partial charge in [0.25, 0.3) is 5.56 Å². The Morgan fingerprint density at radius 2 is 2.14 bits per heavy atom. The van der Waals surface area contributed by atoms with Crippen LogP contribution >= 0.6 is 11.3 Å². The molecule has 5 nitrogen and oxygen atoms in total. The molecule has 0 saturated heterocycles. The van der Waals surface area contributed by atoms with Crippen LogP contribution in [0.2, 0.25) is 0 Å². The Kier molecular flexibility index (Phi) is 4.62. The van der Waals surface area contributed by atoms with Gasteiger partial charge in [-0.05, 0) is 69.3 Å². The summed E-state index contributed by atoms with van der Waals surface area (Å²) in [6.07, 6.45) is 13.4. The van der Waals surface area contributed by atoms with Crippen molar-refractivity contribution in [3.05, 3.63) is 38.9 Å². The molecule has 1 atom stereocenters. The average molecular weight is 398 g/mol. The van der Waals surface area contributed by atoms with Crippen LogP contribution in [0.25, 0.3) is 10.2 Å². The third kappa shape index (κ3) is 3.21. The Balaban J connectivity index is 1.46. The molecule has 6 heteroatoms. The number of carbonyl (C=O) groups is 1. The van der Waals surface area contributed by atoms with Gasteiger partial charge in [-0.25, -0.2) is 4.98 Å². The summed E-state index contributed by atoms with van der Waals surface area (Å²) < 4.78 is 1.54. The lowest BCUT2D eigenvalue weighted by atomic mass is 9.89. The molecule has 0 bridgehead atoms. The molecular formula is C22H27N3O2S. The number of aromatic nitrogens is 2. The van der Waals surface area contributed by atoms with Gasteiger partial charge in [-0.2, -0.15) is 0 Å². The Bertz CT molecular complexity index is 1010. The highest BCUT2D eigenvalue weighted by atomic mass is 32.1. The summed E-state index contributed by atoms with van der Waals surface area (Å²) in [5, 5.41) is 0.761. The number of rotatable bonds is 4. The predicted molar refractivity (Wildman–Crippen MR) is 111 cm³/mol. The summed E-state index contributed by atoms with van der Waals surface area (Å²) in [5.41, 5.74) is 2.31. The number of nitrogens with zero attached hydrogens (tertiary/aromatic N) is 3. The topological polar surface area (TPSA) is 55.2 Å². The first kappa shape index (κ1) is 18.1. The summed E-state index contributed by atoms with van der Waals surface area (Å²) >= 11 is 1.66. The third-order valence-electron chi connectivity index (χ3n) is 6.34. The van der Waals surface area contributed by atoms with E-state index in [1.54, 1.807) is 17.7 Å². The molecule has 0 aromatic carbocycles. The van der Waals surface area contributed by atoms with Crippen LogP contribution in [-0.2, 0) is 24.2 Å². The fourth-order valence-corrected chi connectivity index (χ4v) is 6.01. The van der Waals surface area contributed by atoms with E-state index in [1.165, 1.54) is 27.1 Å². The molecule has 3 aliphatic carbocycles. The van der Waals surface area contributed by atoms with Crippen molar-refractivity contribution in [3.8, 4) is 0 Å². The van der Waals surface area contributed by atoms with Gasteiger partial charge >= 0.3 is 0 Å². The molecule has 1 amide bonds. The second kappa shape index (κ2) is 7.14. The van der Waals surface area contributed by atoms with Crippen LogP contribution in [0, 0.1) is 5.92 Å². The number of thiophene rings is 1. The standard InChI is InChI=1S/C22H27N3O2S/c1-14-7-10-17-18(11-14)28-21-20(17)22(27)24(13-23-21)12-19(26)25(16-8-9-16)15-5-3-2-4-6-15/h5,13-14,16H,2-4,6-12H2,1H3/t14-/m1/s1. The second-order valence-corrected chi connectivity index (χ2v) is 9.73. The Labute approximate surface area is 169 Å². The van der Waals surface area contributed by atoms with Gasteiger partial charge in [0, 0.05) is 16.6 Å². The van der Waals surface area contributed by atoms with Gasteiger partial charge in [-0.3, -0.25) is 14.2 Å². The van der Waals surface area contributed by atoms with Crippen molar-refractivity contribution in [1.29, 1.82) is 0 Å². The van der Waals surface area contributed by atoms with E-state index in [9.17, 15) is 9.59 Å². The van der Waals surface area contributed by atoms with Crippen LogP contribution in [0.15, 0.2) is 22.9 Å². The molecule has 0 N–H and O–H groups in total. The summed E-state index contributed by atoms with van der Waals surface area (Å²) in [7, 11) is 0. The van der Waals surface area contributed by atoms with Gasteiger partial charge in [0.1, 0.15) is 11.4 Å². The highest BCUT2D eigenvalue weighted by molar-refractivity contribution is 7.18. The molecule has 3 aliphatic rings. The predicted octanol–water partition coefficient (Wildman–Crippen LogP) is 4.03. The highest BCUT2D eigenvalue weighted by Crippen LogP contribution is 2.36. The molecule has 0 unspecified atom stereocenters. The van der Waals surface area contributed by atoms with Gasteiger partial charge in [-0.15, -0.1) is 11.3 Å². The first-order valence-corrected chi connectivity index (χ1v) is 11.4. The quantitative estimate of drug-likeness (QED) is 0.783. The van der Waals surface area contributed by atoms with E-state index in [2.05, 4.69) is 18.0 Å². The summed E-state index contributed by atoms with van der Waals surface area (Å²) in [6, 6.07) is 0.333. The normalized spacial score (nSPS) is 22.0. The minimum Gasteiger partial charge on any atom is -0.312 e. The smallest absolute Gasteiger partial charge is 0.262 e. The largest absolute Gasteiger partial charge is 0.312 e. The Morgan fingerprint density at radius 1 is 1.29 bits per heavy atom. The highest BCUT2D eigenvalue weighted by Gasteiger charge is 2.35. The molecule has 148 valence electrons. The van der Waals surface area contributed by atoms with Crippen molar-refractivity contribution in [2.45, 2.75) is 77.3 Å². The van der Waals surface area contributed by atoms with Gasteiger partial charge in [-0.1, -0.05) is 13.0 Å². The van der Waals surface area contributed by atoms with Gasteiger partial charge < -0.3 is 4.90 Å². The minimum atomic E-state index is -0.0428. The number of allylic oxidation sites excluding steroid dienone is 2. The SMILES string of the molecule is C[C@@H]1CCc2c(sc3ncn(CC(=O)N(C4=CCCCC4)C4CC4)c(=O)c23)C1. The molecule has 0 radical (unpaired) electrons. The van der Waals surface area contributed by atoms with E-state index in [1.807, 2.05) is 4.90 Å². The summed E-state index contributed by atoms with van der Waals surface area (Å²) in [6.45, 7) is 2.36. The molecular weight excluding hydrogens is 370 g/mol. The maximum absolute atomic E-state index is 13.2. The zero-order chi connectivity index (χ0) is 19.3. The van der Waals surface area contributed by atoms with E-state index < -0.39 is 0 Å². The molecule has 2 aromatic heterocycles. The van der Waals surface area contributed by atoms with Gasteiger partial charge in [0.05, 0.1) is 11.7 Å². The molecule has 1 saturated carbocycles. The van der Waals surface area contributed by atoms with E-state index >= 15 is 0 Å². The molecule has 0 aliphatic heterocycles. The number of fused-ring (bicyclic) bond motifs is 3. The van der Waals surface area contributed by atoms with Crippen LogP contribution < -0.4 is 5.56 Å². The van der Waals surface area contributed by atoms with E-state index in [0.29, 0.717) is 12.0 Å². The second-order valence-electron chi connectivity index (χ2n) is 8.65. The van der Waals surface area contributed by atoms with E-state index in [0.717, 1.165) is 61.6 Å². The van der Waals surface area contributed by atoms with Crippen LogP contribution in [0.1, 0.15) is 62.3 Å². The fourth-order valence-electron chi connectivity index (χ4n) is 4.67. The molecule has 2 heterocycles. The van der Waals surface area contributed by atoms with Crippen molar-refractivity contribution in [2.75, 3.05) is 0 Å². The molecule has 1 fully saturated rings. The number of hydrogen-bond acceptors (Lipinski definition) is 4. The lowest BCUT2D eigenvalue weighted by molar-refractivity contribution is -0.130. The third-order valence-corrected chi connectivity index (χ3v) is 7.51. The number of hydrogen-bond donors (Lipinski definition) is 0. The Morgan fingerprint density at radius 3 is 2.89 bits per heavy atom. The lowest BCUT2D eigenvalue weighted by Gasteiger charge is -2.28. The molecule has 5 rings (SSSR count). The molecule has 28 heavy (non-hydrogen) atoms. The van der Waals surface area contributed by atoms with Crippen LogP contribution in [0.4, 0.5) is 0 Å². The average Bonchev–Trinajstić information content (AvgIpc) is 3.44. The molecule has 0 spiro atoms. The van der Waals surface area contributed by atoms with Crippen LogP contribution in [0.5, 0.6) is 0 Å². The van der Waals surface area contributed by atoms with Crippen LogP contribution in [-0.4, -0.2) is 26.4 Å². The first-order valence-electron chi connectivity index (χ1n) is 10.6. The number of aryl methyl sites for hydroxylation is 1. The zero-order valence-corrected chi connectivity index (χ0v) is 17.3. The maximum Gasteiger partial charge on any atom is 0.262 e. The fraction of sp³-hybridized carbons (Fsp3) is 0.591. The maximum atomic E-state index is 13.2. The monoisotopic (exact) mass is 397 g/mol. The summed E-state index contributed by atoms with van der Waals surface area (Å²) in [5.74, 6) is 0.705. The lowest BCUT2D eigenvalue weighted by Crippen LogP contribution is -2.38. The Hall–Kier alpha value is -1.95. The van der Waals surface area contributed by atoms with Crippen molar-refractivity contribution < 1.29 is 4.79 Å². The van der Waals surface area contributed by atoms with Crippen LogP contribution in [0.3, 0.4) is 0 Å². The van der Waals surface area contributed by atoms with Crippen molar-refractivity contribution >= 4 is 27.5 Å². The van der Waals surface area contributed by atoms with Gasteiger partial charge in [0.15, 0.2) is 0 Å². The van der Waals surface area contributed by atoms with Gasteiger partial charge in [0.2, 0.25) is 5.91 Å². The van der Waals surface area contributed by atoms with Crippen molar-refractivity contribution in [2.24, 2.45) is 5.92 Å². The zero-order valence-electron chi connectivity index (χ0n) is 16.4. The summed E-state index contributed by atoms with van der Waals surface area (Å²) in [4.78, 5) is 35.0. The van der Waals surface area contributed by atoms with E-state index in [4.69, 9.17) is 0 Å². The number of carbonyl (C=O) groups excluding carboxylic acids is 1. The first-order chi connectivity index (χ1) is 13.6. The minimum absolute atomic E-state index is 0.0385. The number of amides is 1. The van der Waals surface area contributed by atoms with Crippen molar-refractivity contribution in [1.82, 2.24) is 14.5 Å². The van der Waals surface area contributed by atoms with E-state index in [-0.39, 0.29) is 18.0 Å².